The first kappa shape index (κ1) is 11.4. The van der Waals surface area contributed by atoms with E-state index in [0.29, 0.717) is 5.92 Å². The standard InChI is InChI=1S/C13H24O2/c14-10-12-8-4-5-9-13(12,15)11-6-2-1-3-7-11/h11-12,14-15H,1-10H2/t12-,13-/m1/s1. The van der Waals surface area contributed by atoms with Gasteiger partial charge in [0, 0.05) is 12.5 Å². The molecule has 0 unspecified atom stereocenters. The van der Waals surface area contributed by atoms with Crippen LogP contribution in [0.25, 0.3) is 0 Å². The fourth-order valence-electron chi connectivity index (χ4n) is 3.64. The van der Waals surface area contributed by atoms with E-state index >= 15 is 0 Å². The van der Waals surface area contributed by atoms with Crippen molar-refractivity contribution >= 4 is 0 Å². The van der Waals surface area contributed by atoms with Crippen LogP contribution in [0, 0.1) is 11.8 Å². The molecule has 2 atom stereocenters. The molecule has 15 heavy (non-hydrogen) atoms. The van der Waals surface area contributed by atoms with Gasteiger partial charge in [-0.15, -0.1) is 0 Å². The lowest BCUT2D eigenvalue weighted by Crippen LogP contribution is -2.49. The Morgan fingerprint density at radius 3 is 2.27 bits per heavy atom. The van der Waals surface area contributed by atoms with Gasteiger partial charge in [-0.1, -0.05) is 32.1 Å². The van der Waals surface area contributed by atoms with Gasteiger partial charge in [0.15, 0.2) is 0 Å². The number of aliphatic hydroxyl groups excluding tert-OH is 1. The van der Waals surface area contributed by atoms with Gasteiger partial charge in [0.05, 0.1) is 5.60 Å². The summed E-state index contributed by atoms with van der Waals surface area (Å²) in [5, 5.41) is 20.2. The van der Waals surface area contributed by atoms with E-state index < -0.39 is 5.60 Å². The molecule has 2 N–H and O–H groups in total. The van der Waals surface area contributed by atoms with Crippen LogP contribution in [0.1, 0.15) is 57.8 Å². The molecule has 0 amide bonds. The molecule has 2 aliphatic rings. The van der Waals surface area contributed by atoms with Crippen LogP contribution in [0.2, 0.25) is 0 Å². The van der Waals surface area contributed by atoms with E-state index in [0.717, 1.165) is 19.3 Å². The third-order valence-electron chi connectivity index (χ3n) is 4.62. The molecule has 2 aliphatic carbocycles. The average molecular weight is 212 g/mol. The van der Waals surface area contributed by atoms with Crippen molar-refractivity contribution in [2.45, 2.75) is 63.4 Å². The third kappa shape index (κ3) is 2.21. The zero-order valence-electron chi connectivity index (χ0n) is 9.62. The van der Waals surface area contributed by atoms with Crippen LogP contribution in [-0.2, 0) is 0 Å². The molecule has 0 aromatic heterocycles. The zero-order valence-corrected chi connectivity index (χ0v) is 9.62. The molecular weight excluding hydrogens is 188 g/mol. The summed E-state index contributed by atoms with van der Waals surface area (Å²) in [7, 11) is 0. The highest BCUT2D eigenvalue weighted by Gasteiger charge is 2.44. The van der Waals surface area contributed by atoms with Gasteiger partial charge in [-0.05, 0) is 31.6 Å². The van der Waals surface area contributed by atoms with Crippen LogP contribution >= 0.6 is 0 Å². The molecule has 0 spiro atoms. The molecule has 2 rings (SSSR count). The topological polar surface area (TPSA) is 40.5 Å². The van der Waals surface area contributed by atoms with Crippen molar-refractivity contribution in [1.82, 2.24) is 0 Å². The summed E-state index contributed by atoms with van der Waals surface area (Å²) >= 11 is 0. The Kier molecular flexibility index (Phi) is 3.68. The molecule has 0 aliphatic heterocycles. The van der Waals surface area contributed by atoms with Crippen molar-refractivity contribution in [1.29, 1.82) is 0 Å². The summed E-state index contributed by atoms with van der Waals surface area (Å²) < 4.78 is 0. The minimum Gasteiger partial charge on any atom is -0.396 e. The minimum atomic E-state index is -0.534. The molecule has 88 valence electrons. The first-order chi connectivity index (χ1) is 7.27. The first-order valence-electron chi connectivity index (χ1n) is 6.60. The molecule has 0 radical (unpaired) electrons. The third-order valence-corrected chi connectivity index (χ3v) is 4.62. The molecule has 2 heteroatoms. The van der Waals surface area contributed by atoms with Crippen molar-refractivity contribution in [3.05, 3.63) is 0 Å². The largest absolute Gasteiger partial charge is 0.396 e. The highest BCUT2D eigenvalue weighted by Crippen LogP contribution is 2.44. The molecule has 2 saturated carbocycles. The monoisotopic (exact) mass is 212 g/mol. The van der Waals surface area contributed by atoms with Gasteiger partial charge in [-0.25, -0.2) is 0 Å². The minimum absolute atomic E-state index is 0.148. The van der Waals surface area contributed by atoms with E-state index in [1.807, 2.05) is 0 Å². The Morgan fingerprint density at radius 1 is 0.933 bits per heavy atom. The van der Waals surface area contributed by atoms with E-state index in [2.05, 4.69) is 0 Å². The van der Waals surface area contributed by atoms with E-state index in [9.17, 15) is 10.2 Å². The summed E-state index contributed by atoms with van der Waals surface area (Å²) in [5.41, 5.74) is -0.534. The fourth-order valence-corrected chi connectivity index (χ4v) is 3.64. The molecule has 0 aromatic rings. The quantitative estimate of drug-likeness (QED) is 0.738. The molecule has 0 bridgehead atoms. The molecular formula is C13H24O2. The number of rotatable bonds is 2. The molecule has 2 nitrogen and oxygen atoms in total. The van der Waals surface area contributed by atoms with E-state index in [1.165, 1.54) is 38.5 Å². The molecule has 2 fully saturated rings. The van der Waals surface area contributed by atoms with Gasteiger partial charge in [-0.3, -0.25) is 0 Å². The van der Waals surface area contributed by atoms with Crippen molar-refractivity contribution in [3.8, 4) is 0 Å². The predicted octanol–water partition coefficient (Wildman–Crippen LogP) is 2.48. The highest BCUT2D eigenvalue weighted by molar-refractivity contribution is 4.95. The van der Waals surface area contributed by atoms with Gasteiger partial charge >= 0.3 is 0 Å². The number of hydrogen-bond donors (Lipinski definition) is 2. The Morgan fingerprint density at radius 2 is 1.60 bits per heavy atom. The van der Waals surface area contributed by atoms with E-state index in [4.69, 9.17) is 0 Å². The number of aliphatic hydroxyl groups is 2. The Labute approximate surface area is 92.7 Å². The Bertz CT molecular complexity index is 199. The van der Waals surface area contributed by atoms with Crippen molar-refractivity contribution in [2.75, 3.05) is 6.61 Å². The maximum absolute atomic E-state index is 10.8. The van der Waals surface area contributed by atoms with Gasteiger partial charge in [0.1, 0.15) is 0 Å². The van der Waals surface area contributed by atoms with E-state index in [1.54, 1.807) is 0 Å². The lowest BCUT2D eigenvalue weighted by molar-refractivity contribution is -0.117. The number of hydrogen-bond acceptors (Lipinski definition) is 2. The van der Waals surface area contributed by atoms with Gasteiger partial charge in [0.2, 0.25) is 0 Å². The average Bonchev–Trinajstić information content (AvgIpc) is 2.31. The van der Waals surface area contributed by atoms with Crippen LogP contribution in [-0.4, -0.2) is 22.4 Å². The summed E-state index contributed by atoms with van der Waals surface area (Å²) in [6.45, 7) is 0.174. The Hall–Kier alpha value is -0.0800. The second-order valence-corrected chi connectivity index (χ2v) is 5.45. The summed E-state index contributed by atoms with van der Waals surface area (Å²) in [4.78, 5) is 0. The van der Waals surface area contributed by atoms with Gasteiger partial charge < -0.3 is 10.2 Å². The molecule has 0 heterocycles. The normalized spacial score (nSPS) is 39.2. The Balaban J connectivity index is 2.06. The van der Waals surface area contributed by atoms with Crippen molar-refractivity contribution in [2.24, 2.45) is 11.8 Å². The second kappa shape index (κ2) is 4.84. The fraction of sp³-hybridized carbons (Fsp3) is 1.00. The van der Waals surface area contributed by atoms with Gasteiger partial charge in [0.25, 0.3) is 0 Å². The van der Waals surface area contributed by atoms with E-state index in [-0.39, 0.29) is 12.5 Å². The first-order valence-corrected chi connectivity index (χ1v) is 6.60. The maximum Gasteiger partial charge on any atom is 0.0725 e. The van der Waals surface area contributed by atoms with Gasteiger partial charge in [-0.2, -0.15) is 0 Å². The summed E-state index contributed by atoms with van der Waals surface area (Å²) in [6, 6.07) is 0. The SMILES string of the molecule is OC[C@H]1CCCC[C@@]1(O)C1CCCCC1. The van der Waals surface area contributed by atoms with Crippen LogP contribution in [0.3, 0.4) is 0 Å². The van der Waals surface area contributed by atoms with Crippen molar-refractivity contribution < 1.29 is 10.2 Å². The second-order valence-electron chi connectivity index (χ2n) is 5.45. The summed E-state index contributed by atoms with van der Waals surface area (Å²) in [6.07, 6.45) is 10.5. The maximum atomic E-state index is 10.8. The lowest BCUT2D eigenvalue weighted by Gasteiger charge is -2.46. The zero-order chi connectivity index (χ0) is 10.7. The molecule has 0 aromatic carbocycles. The molecule has 0 saturated heterocycles. The van der Waals surface area contributed by atoms with Crippen LogP contribution in [0.15, 0.2) is 0 Å². The van der Waals surface area contributed by atoms with Crippen LogP contribution in [0.4, 0.5) is 0 Å². The summed E-state index contributed by atoms with van der Waals surface area (Å²) in [5.74, 6) is 0.609. The van der Waals surface area contributed by atoms with Crippen LogP contribution in [0.5, 0.6) is 0 Å². The van der Waals surface area contributed by atoms with Crippen LogP contribution < -0.4 is 0 Å². The lowest BCUT2D eigenvalue weighted by atomic mass is 9.65. The smallest absolute Gasteiger partial charge is 0.0725 e. The predicted molar refractivity (Wildman–Crippen MR) is 60.6 cm³/mol. The van der Waals surface area contributed by atoms with Crippen molar-refractivity contribution in [3.63, 3.8) is 0 Å². The highest BCUT2D eigenvalue weighted by atomic mass is 16.3.